The molecule has 0 radical (unpaired) electrons. The Bertz CT molecular complexity index is 739. The van der Waals surface area contributed by atoms with Crippen LogP contribution in [0.4, 0.5) is 4.39 Å². The average Bonchev–Trinajstić information content (AvgIpc) is 2.64. The number of hydrogen-bond donors (Lipinski definition) is 1. The van der Waals surface area contributed by atoms with E-state index < -0.39 is 6.04 Å². The molecule has 1 aliphatic rings. The van der Waals surface area contributed by atoms with Crippen LogP contribution in [-0.4, -0.2) is 25.1 Å². The molecule has 5 heteroatoms. The molecule has 0 spiro atoms. The second-order valence-electron chi connectivity index (χ2n) is 6.30. The van der Waals surface area contributed by atoms with E-state index in [-0.39, 0.29) is 17.7 Å². The Kier molecular flexibility index (Phi) is 5.46. The molecule has 3 rings (SSSR count). The lowest BCUT2D eigenvalue weighted by Gasteiger charge is -2.23. The molecule has 0 saturated carbocycles. The summed E-state index contributed by atoms with van der Waals surface area (Å²) in [6.07, 6.45) is 1.88. The fourth-order valence-corrected chi connectivity index (χ4v) is 2.82. The lowest BCUT2D eigenvalue weighted by molar-refractivity contribution is 0.0256. The zero-order valence-corrected chi connectivity index (χ0v) is 14.2. The van der Waals surface area contributed by atoms with Crippen LogP contribution in [0.3, 0.4) is 0 Å². The van der Waals surface area contributed by atoms with Crippen LogP contribution in [0.2, 0.25) is 0 Å². The molecule has 1 aliphatic heterocycles. The van der Waals surface area contributed by atoms with Gasteiger partial charge < -0.3 is 15.2 Å². The molecule has 1 saturated heterocycles. The number of carbonyl (C=O) groups excluding carboxylic acids is 1. The summed E-state index contributed by atoms with van der Waals surface area (Å²) < 4.78 is 24.9. The summed E-state index contributed by atoms with van der Waals surface area (Å²) >= 11 is 0. The Morgan fingerprint density at radius 2 is 1.88 bits per heavy atom. The van der Waals surface area contributed by atoms with Gasteiger partial charge in [0.05, 0.1) is 19.3 Å². The van der Waals surface area contributed by atoms with Gasteiger partial charge in [-0.2, -0.15) is 0 Å². The maximum Gasteiger partial charge on any atom is 0.184 e. The van der Waals surface area contributed by atoms with Crippen LogP contribution in [0.25, 0.3) is 0 Å². The predicted octanol–water partition coefficient (Wildman–Crippen LogP) is 3.57. The van der Waals surface area contributed by atoms with Crippen molar-refractivity contribution < 1.29 is 18.7 Å². The molecule has 4 nitrogen and oxygen atoms in total. The van der Waals surface area contributed by atoms with Crippen LogP contribution in [0, 0.1) is 12.7 Å². The van der Waals surface area contributed by atoms with Gasteiger partial charge in [-0.1, -0.05) is 12.1 Å². The Labute approximate surface area is 146 Å². The lowest BCUT2D eigenvalue weighted by atomic mass is 9.97. The minimum absolute atomic E-state index is 0.146. The number of Topliss-reactive ketones (excluding diaryl/α,β-unsaturated/α-hetero) is 1. The quantitative estimate of drug-likeness (QED) is 0.843. The van der Waals surface area contributed by atoms with Gasteiger partial charge in [-0.05, 0) is 48.4 Å². The highest BCUT2D eigenvalue weighted by atomic mass is 19.1. The highest BCUT2D eigenvalue weighted by Gasteiger charge is 2.19. The Morgan fingerprint density at radius 1 is 1.20 bits per heavy atom. The van der Waals surface area contributed by atoms with Gasteiger partial charge in [0.15, 0.2) is 5.78 Å². The first-order valence-electron chi connectivity index (χ1n) is 8.45. The van der Waals surface area contributed by atoms with Crippen molar-refractivity contribution in [3.63, 3.8) is 0 Å². The van der Waals surface area contributed by atoms with E-state index >= 15 is 0 Å². The SMILES string of the molecule is Cc1ccc(C(N)C(=O)c2ccc(OC3CCOCC3)cc2)cc1F. The first-order valence-corrected chi connectivity index (χ1v) is 8.45. The highest BCUT2D eigenvalue weighted by Crippen LogP contribution is 2.22. The maximum atomic E-state index is 13.7. The van der Waals surface area contributed by atoms with E-state index in [4.69, 9.17) is 15.2 Å². The summed E-state index contributed by atoms with van der Waals surface area (Å²) in [6.45, 7) is 3.09. The number of rotatable bonds is 5. The second-order valence-corrected chi connectivity index (χ2v) is 6.30. The highest BCUT2D eigenvalue weighted by molar-refractivity contribution is 6.00. The van der Waals surface area contributed by atoms with Gasteiger partial charge in [-0.15, -0.1) is 0 Å². The number of nitrogens with two attached hydrogens (primary N) is 1. The van der Waals surface area contributed by atoms with Crippen molar-refractivity contribution in [3.8, 4) is 5.75 Å². The van der Waals surface area contributed by atoms with E-state index in [0.29, 0.717) is 29.9 Å². The van der Waals surface area contributed by atoms with Crippen molar-refractivity contribution in [1.82, 2.24) is 0 Å². The smallest absolute Gasteiger partial charge is 0.184 e. The fraction of sp³-hybridized carbons (Fsp3) is 0.350. The summed E-state index contributed by atoms with van der Waals surface area (Å²) in [7, 11) is 0. The monoisotopic (exact) mass is 343 g/mol. The van der Waals surface area contributed by atoms with Gasteiger partial charge in [0.1, 0.15) is 17.7 Å². The van der Waals surface area contributed by atoms with Crippen molar-refractivity contribution in [2.75, 3.05) is 13.2 Å². The van der Waals surface area contributed by atoms with Crippen LogP contribution in [-0.2, 0) is 4.74 Å². The number of hydrogen-bond acceptors (Lipinski definition) is 4. The summed E-state index contributed by atoms with van der Waals surface area (Å²) in [5, 5.41) is 0. The number of carbonyl (C=O) groups is 1. The number of aryl methyl sites for hydroxylation is 1. The molecule has 25 heavy (non-hydrogen) atoms. The summed E-state index contributed by atoms with van der Waals surface area (Å²) in [6, 6.07) is 10.7. The molecule has 0 amide bonds. The number of ketones is 1. The van der Waals surface area contributed by atoms with Gasteiger partial charge in [0, 0.05) is 18.4 Å². The van der Waals surface area contributed by atoms with Crippen LogP contribution >= 0.6 is 0 Å². The number of ether oxygens (including phenoxy) is 2. The van der Waals surface area contributed by atoms with Crippen molar-refractivity contribution in [2.24, 2.45) is 5.73 Å². The van der Waals surface area contributed by atoms with Gasteiger partial charge in [-0.25, -0.2) is 4.39 Å². The Morgan fingerprint density at radius 3 is 2.52 bits per heavy atom. The maximum absolute atomic E-state index is 13.7. The molecule has 0 aliphatic carbocycles. The first kappa shape index (κ1) is 17.6. The lowest BCUT2D eigenvalue weighted by Crippen LogP contribution is -2.26. The zero-order chi connectivity index (χ0) is 17.8. The van der Waals surface area contributed by atoms with Crippen molar-refractivity contribution in [2.45, 2.75) is 31.9 Å². The van der Waals surface area contributed by atoms with Crippen molar-refractivity contribution in [1.29, 1.82) is 0 Å². The molecule has 2 aromatic rings. The van der Waals surface area contributed by atoms with E-state index in [1.807, 2.05) is 0 Å². The van der Waals surface area contributed by atoms with Gasteiger partial charge in [-0.3, -0.25) is 4.79 Å². The predicted molar refractivity (Wildman–Crippen MR) is 93.3 cm³/mol. The van der Waals surface area contributed by atoms with Crippen LogP contribution < -0.4 is 10.5 Å². The molecular formula is C20H22FNO3. The van der Waals surface area contributed by atoms with Crippen molar-refractivity contribution in [3.05, 3.63) is 65.0 Å². The summed E-state index contributed by atoms with van der Waals surface area (Å²) in [4.78, 5) is 12.5. The van der Waals surface area contributed by atoms with Crippen molar-refractivity contribution >= 4 is 5.78 Å². The Hall–Kier alpha value is -2.24. The molecule has 1 heterocycles. The van der Waals surface area contributed by atoms with Crippen LogP contribution in [0.1, 0.15) is 40.4 Å². The molecule has 1 atom stereocenters. The van der Waals surface area contributed by atoms with E-state index in [1.54, 1.807) is 43.3 Å². The Balaban J connectivity index is 1.68. The summed E-state index contributed by atoms with van der Waals surface area (Å²) in [5.41, 5.74) is 7.49. The topological polar surface area (TPSA) is 61.6 Å². The normalized spacial score (nSPS) is 16.4. The summed E-state index contributed by atoms with van der Waals surface area (Å²) in [5.74, 6) is 0.111. The van der Waals surface area contributed by atoms with E-state index in [9.17, 15) is 9.18 Å². The van der Waals surface area contributed by atoms with Gasteiger partial charge in [0.2, 0.25) is 0 Å². The largest absolute Gasteiger partial charge is 0.490 e. The van der Waals surface area contributed by atoms with Gasteiger partial charge in [0.25, 0.3) is 0 Å². The molecular weight excluding hydrogens is 321 g/mol. The minimum Gasteiger partial charge on any atom is -0.490 e. The fourth-order valence-electron chi connectivity index (χ4n) is 2.82. The van der Waals surface area contributed by atoms with Crippen LogP contribution in [0.15, 0.2) is 42.5 Å². The van der Waals surface area contributed by atoms with Gasteiger partial charge >= 0.3 is 0 Å². The molecule has 2 aromatic carbocycles. The standard InChI is InChI=1S/C20H22FNO3/c1-13-2-3-15(12-18(13)21)19(22)20(23)14-4-6-16(7-5-14)25-17-8-10-24-11-9-17/h2-7,12,17,19H,8-11,22H2,1H3. The average molecular weight is 343 g/mol. The molecule has 132 valence electrons. The third kappa shape index (κ3) is 4.24. The third-order valence-corrected chi connectivity index (χ3v) is 4.45. The second kappa shape index (κ2) is 7.76. The minimum atomic E-state index is -0.891. The number of halogens is 1. The van der Waals surface area contributed by atoms with Crippen LogP contribution in [0.5, 0.6) is 5.75 Å². The molecule has 0 aromatic heterocycles. The molecule has 1 fully saturated rings. The number of benzene rings is 2. The van der Waals surface area contributed by atoms with E-state index in [0.717, 1.165) is 18.6 Å². The third-order valence-electron chi connectivity index (χ3n) is 4.45. The van der Waals surface area contributed by atoms with E-state index in [1.165, 1.54) is 6.07 Å². The molecule has 0 bridgehead atoms. The molecule has 2 N–H and O–H groups in total. The van der Waals surface area contributed by atoms with E-state index in [2.05, 4.69) is 0 Å². The molecule has 1 unspecified atom stereocenters. The first-order chi connectivity index (χ1) is 12.0. The zero-order valence-electron chi connectivity index (χ0n) is 14.2.